The number of carbonyl (C=O) groups is 1. The largest absolute Gasteiger partial charge is 0.353 e. The highest BCUT2D eigenvalue weighted by atomic mass is 19.1. The van der Waals surface area contributed by atoms with Crippen LogP contribution >= 0.6 is 0 Å². The molecule has 0 saturated heterocycles. The van der Waals surface area contributed by atoms with Crippen LogP contribution in [0.15, 0.2) is 24.3 Å². The number of hydrogen-bond donors (Lipinski definition) is 0. The minimum absolute atomic E-state index is 0.119. The molecular formula is C14H15FO3. The highest BCUT2D eigenvalue weighted by molar-refractivity contribution is 6.08. The number of hydrogen-bond acceptors (Lipinski definition) is 3. The summed E-state index contributed by atoms with van der Waals surface area (Å²) in [5.74, 6) is 4.28. The Bertz CT molecular complexity index is 442. The summed E-state index contributed by atoms with van der Waals surface area (Å²) in [5.41, 5.74) is 0.363. The molecule has 1 rings (SSSR count). The maximum atomic E-state index is 12.6. The molecule has 0 heterocycles. The van der Waals surface area contributed by atoms with Crippen molar-refractivity contribution in [3.05, 3.63) is 35.6 Å². The third-order valence-corrected chi connectivity index (χ3v) is 2.10. The molecule has 0 aromatic heterocycles. The van der Waals surface area contributed by atoms with Crippen LogP contribution in [0.1, 0.15) is 24.2 Å². The molecule has 0 amide bonds. The average molecular weight is 250 g/mol. The summed E-state index contributed by atoms with van der Waals surface area (Å²) >= 11 is 0. The van der Waals surface area contributed by atoms with Gasteiger partial charge in [-0.2, -0.15) is 0 Å². The molecule has 0 fully saturated rings. The number of ketones is 1. The van der Waals surface area contributed by atoms with Gasteiger partial charge in [-0.25, -0.2) is 4.39 Å². The maximum absolute atomic E-state index is 12.6. The van der Waals surface area contributed by atoms with E-state index in [1.165, 1.54) is 24.3 Å². The molecule has 3 nitrogen and oxygen atoms in total. The fraction of sp³-hybridized carbons (Fsp3) is 0.357. The van der Waals surface area contributed by atoms with Gasteiger partial charge in [-0.05, 0) is 44.0 Å². The van der Waals surface area contributed by atoms with Crippen LogP contribution in [0.25, 0.3) is 0 Å². The molecule has 1 aromatic carbocycles. The monoisotopic (exact) mass is 250 g/mol. The zero-order valence-corrected chi connectivity index (χ0v) is 10.4. The Morgan fingerprint density at radius 1 is 1.33 bits per heavy atom. The first-order valence-electron chi connectivity index (χ1n) is 5.65. The van der Waals surface area contributed by atoms with Crippen LogP contribution < -0.4 is 0 Å². The smallest absolute Gasteiger partial charge is 0.235 e. The van der Waals surface area contributed by atoms with Gasteiger partial charge in [-0.15, -0.1) is 0 Å². The van der Waals surface area contributed by atoms with Crippen molar-refractivity contribution < 1.29 is 18.7 Å². The van der Waals surface area contributed by atoms with Crippen LogP contribution in [-0.4, -0.2) is 25.3 Å². The first-order chi connectivity index (χ1) is 8.63. The molecule has 4 heteroatoms. The summed E-state index contributed by atoms with van der Waals surface area (Å²) in [6.45, 7) is 4.30. The van der Waals surface area contributed by atoms with Crippen LogP contribution in [0.5, 0.6) is 0 Å². The second-order valence-electron chi connectivity index (χ2n) is 3.47. The summed E-state index contributed by atoms with van der Waals surface area (Å²) in [4.78, 5) is 11.5. The highest BCUT2D eigenvalue weighted by Crippen LogP contribution is 2.02. The lowest BCUT2D eigenvalue weighted by molar-refractivity contribution is -0.117. The molecule has 0 aliphatic rings. The van der Waals surface area contributed by atoms with Crippen LogP contribution in [0.4, 0.5) is 4.39 Å². The van der Waals surface area contributed by atoms with Crippen LogP contribution in [0.2, 0.25) is 0 Å². The van der Waals surface area contributed by atoms with Crippen molar-refractivity contribution in [3.63, 3.8) is 0 Å². The van der Waals surface area contributed by atoms with Gasteiger partial charge in [-0.3, -0.25) is 4.79 Å². The zero-order chi connectivity index (χ0) is 13.4. The van der Waals surface area contributed by atoms with Gasteiger partial charge in [0, 0.05) is 12.2 Å². The second kappa shape index (κ2) is 7.59. The third kappa shape index (κ3) is 5.09. The van der Waals surface area contributed by atoms with E-state index >= 15 is 0 Å². The maximum Gasteiger partial charge on any atom is 0.235 e. The van der Waals surface area contributed by atoms with E-state index in [0.717, 1.165) is 0 Å². The Morgan fingerprint density at radius 3 is 2.61 bits per heavy atom. The summed E-state index contributed by atoms with van der Waals surface area (Å²) in [7, 11) is 0. The number of ether oxygens (including phenoxy) is 2. The lowest BCUT2D eigenvalue weighted by atomic mass is 10.1. The Labute approximate surface area is 106 Å². The summed E-state index contributed by atoms with van der Waals surface area (Å²) in [5, 5.41) is 0. The average Bonchev–Trinajstić information content (AvgIpc) is 2.35. The van der Waals surface area contributed by atoms with Gasteiger partial charge in [-0.1, -0.05) is 5.92 Å². The molecular weight excluding hydrogens is 235 g/mol. The van der Waals surface area contributed by atoms with Crippen molar-refractivity contribution in [2.24, 2.45) is 0 Å². The zero-order valence-electron chi connectivity index (χ0n) is 10.4. The standard InChI is InChI=1S/C14H15FO3/c1-3-17-11(2)18-10-4-5-14(16)12-6-8-13(15)9-7-12/h6-9,11H,3,10H2,1-2H3. The molecule has 0 bridgehead atoms. The molecule has 96 valence electrons. The number of Topliss-reactive ketones (excluding diaryl/α,β-unsaturated/α-hetero) is 1. The van der Waals surface area contributed by atoms with E-state index < -0.39 is 0 Å². The minimum atomic E-state index is -0.381. The van der Waals surface area contributed by atoms with E-state index in [4.69, 9.17) is 9.47 Å². The SMILES string of the molecule is CCOC(C)OCC#CC(=O)c1ccc(F)cc1. The summed E-state index contributed by atoms with van der Waals surface area (Å²) in [6, 6.07) is 5.25. The first-order valence-corrected chi connectivity index (χ1v) is 5.65. The van der Waals surface area contributed by atoms with Gasteiger partial charge in [0.25, 0.3) is 0 Å². The van der Waals surface area contributed by atoms with Crippen molar-refractivity contribution >= 4 is 5.78 Å². The fourth-order valence-electron chi connectivity index (χ4n) is 1.23. The Morgan fingerprint density at radius 2 is 2.00 bits per heavy atom. The van der Waals surface area contributed by atoms with E-state index in [9.17, 15) is 9.18 Å². The van der Waals surface area contributed by atoms with Gasteiger partial charge in [0.2, 0.25) is 5.78 Å². The van der Waals surface area contributed by atoms with Crippen molar-refractivity contribution in [1.82, 2.24) is 0 Å². The molecule has 1 atom stereocenters. The van der Waals surface area contributed by atoms with Crippen LogP contribution in [0.3, 0.4) is 0 Å². The summed E-state index contributed by atoms with van der Waals surface area (Å²) in [6.07, 6.45) is -0.342. The van der Waals surface area contributed by atoms with E-state index in [1.54, 1.807) is 6.92 Å². The van der Waals surface area contributed by atoms with Gasteiger partial charge >= 0.3 is 0 Å². The van der Waals surface area contributed by atoms with Crippen molar-refractivity contribution in [2.75, 3.05) is 13.2 Å². The topological polar surface area (TPSA) is 35.5 Å². The highest BCUT2D eigenvalue weighted by Gasteiger charge is 2.01. The van der Waals surface area contributed by atoms with E-state index in [2.05, 4.69) is 11.8 Å². The number of rotatable bonds is 5. The molecule has 0 N–H and O–H groups in total. The third-order valence-electron chi connectivity index (χ3n) is 2.10. The molecule has 0 spiro atoms. The molecule has 0 radical (unpaired) electrons. The normalized spacial score (nSPS) is 11.5. The van der Waals surface area contributed by atoms with Crippen molar-refractivity contribution in [2.45, 2.75) is 20.1 Å². The number of halogens is 1. The number of benzene rings is 1. The second-order valence-corrected chi connectivity index (χ2v) is 3.47. The Kier molecular flexibility index (Phi) is 6.06. The predicted molar refractivity (Wildman–Crippen MR) is 65.5 cm³/mol. The van der Waals surface area contributed by atoms with Gasteiger partial charge in [0.15, 0.2) is 6.29 Å². The number of carbonyl (C=O) groups excluding carboxylic acids is 1. The van der Waals surface area contributed by atoms with E-state index in [0.29, 0.717) is 12.2 Å². The summed E-state index contributed by atoms with van der Waals surface area (Å²) < 4.78 is 22.9. The van der Waals surface area contributed by atoms with E-state index in [1.807, 2.05) is 6.92 Å². The molecule has 0 saturated carbocycles. The van der Waals surface area contributed by atoms with E-state index in [-0.39, 0.29) is 24.5 Å². The first kappa shape index (κ1) is 14.4. The Balaban J connectivity index is 2.43. The molecule has 0 aliphatic heterocycles. The molecule has 1 unspecified atom stereocenters. The fourth-order valence-corrected chi connectivity index (χ4v) is 1.23. The van der Waals surface area contributed by atoms with Gasteiger partial charge in [0.1, 0.15) is 12.4 Å². The lowest BCUT2D eigenvalue weighted by Gasteiger charge is -2.09. The predicted octanol–water partition coefficient (Wildman–Crippen LogP) is 2.41. The van der Waals surface area contributed by atoms with Crippen molar-refractivity contribution in [3.8, 4) is 11.8 Å². The lowest BCUT2D eigenvalue weighted by Crippen LogP contribution is -2.12. The quantitative estimate of drug-likeness (QED) is 0.348. The van der Waals surface area contributed by atoms with Gasteiger partial charge < -0.3 is 9.47 Å². The Hall–Kier alpha value is -1.70. The van der Waals surface area contributed by atoms with Crippen LogP contribution in [-0.2, 0) is 9.47 Å². The molecule has 1 aromatic rings. The van der Waals surface area contributed by atoms with Crippen molar-refractivity contribution in [1.29, 1.82) is 0 Å². The molecule has 18 heavy (non-hydrogen) atoms. The van der Waals surface area contributed by atoms with Crippen LogP contribution in [0, 0.1) is 17.7 Å². The van der Waals surface area contributed by atoms with Gasteiger partial charge in [0.05, 0.1) is 0 Å². The minimum Gasteiger partial charge on any atom is -0.353 e. The molecule has 0 aliphatic carbocycles.